The van der Waals surface area contributed by atoms with E-state index in [2.05, 4.69) is 15.0 Å². The van der Waals surface area contributed by atoms with Gasteiger partial charge in [0.2, 0.25) is 0 Å². The second kappa shape index (κ2) is 4.61. The van der Waals surface area contributed by atoms with Gasteiger partial charge in [-0.3, -0.25) is 4.79 Å². The summed E-state index contributed by atoms with van der Waals surface area (Å²) in [6, 6.07) is 7.93. The lowest BCUT2D eigenvalue weighted by Gasteiger charge is -2.06. The molecule has 1 aromatic heterocycles. The van der Waals surface area contributed by atoms with Crippen molar-refractivity contribution < 1.29 is 9.32 Å². The molecule has 4 nitrogen and oxygen atoms in total. The monoisotopic (exact) mass is 216 g/mol. The van der Waals surface area contributed by atoms with E-state index >= 15 is 0 Å². The zero-order valence-corrected chi connectivity index (χ0v) is 8.93. The fraction of sp³-hybridized carbons (Fsp3) is 0.167. The zero-order chi connectivity index (χ0) is 11.4. The number of nitrogens with zero attached hydrogens (tertiary/aromatic N) is 1. The van der Waals surface area contributed by atoms with Crippen molar-refractivity contribution in [3.63, 3.8) is 0 Å². The van der Waals surface area contributed by atoms with Crippen molar-refractivity contribution >= 4 is 5.91 Å². The summed E-state index contributed by atoms with van der Waals surface area (Å²) in [5.41, 5.74) is 2.70. The van der Waals surface area contributed by atoms with Gasteiger partial charge in [0.25, 0.3) is 5.91 Å². The molecule has 82 valence electrons. The first kappa shape index (κ1) is 10.4. The molecule has 0 aliphatic heterocycles. The van der Waals surface area contributed by atoms with E-state index in [1.54, 1.807) is 0 Å². The van der Waals surface area contributed by atoms with Crippen LogP contribution in [0.15, 0.2) is 41.2 Å². The van der Waals surface area contributed by atoms with E-state index in [0.29, 0.717) is 12.1 Å². The molecule has 0 fully saturated rings. The highest BCUT2D eigenvalue weighted by atomic mass is 16.5. The largest absolute Gasteiger partial charge is 0.364 e. The zero-order valence-electron chi connectivity index (χ0n) is 8.93. The molecule has 1 heterocycles. The van der Waals surface area contributed by atoms with Gasteiger partial charge in [0.05, 0.1) is 11.8 Å². The quantitative estimate of drug-likeness (QED) is 0.852. The third kappa shape index (κ3) is 2.28. The van der Waals surface area contributed by atoms with Gasteiger partial charge in [-0.05, 0) is 18.1 Å². The SMILES string of the molecule is Cc1ccccc1CNC(=O)c1cnoc1. The molecule has 16 heavy (non-hydrogen) atoms. The Morgan fingerprint density at radius 3 is 2.94 bits per heavy atom. The highest BCUT2D eigenvalue weighted by Crippen LogP contribution is 2.06. The first-order chi connectivity index (χ1) is 7.77. The van der Waals surface area contributed by atoms with Crippen molar-refractivity contribution in [3.05, 3.63) is 53.4 Å². The normalized spacial score (nSPS) is 10.1. The van der Waals surface area contributed by atoms with Gasteiger partial charge in [-0.25, -0.2) is 0 Å². The van der Waals surface area contributed by atoms with Crippen LogP contribution in [0, 0.1) is 6.92 Å². The van der Waals surface area contributed by atoms with Crippen LogP contribution in [0.25, 0.3) is 0 Å². The molecular weight excluding hydrogens is 204 g/mol. The van der Waals surface area contributed by atoms with Gasteiger partial charge < -0.3 is 9.84 Å². The minimum Gasteiger partial charge on any atom is -0.364 e. The fourth-order valence-electron chi connectivity index (χ4n) is 1.40. The van der Waals surface area contributed by atoms with E-state index in [1.165, 1.54) is 12.5 Å². The van der Waals surface area contributed by atoms with Crippen molar-refractivity contribution in [2.45, 2.75) is 13.5 Å². The predicted molar refractivity (Wildman–Crippen MR) is 58.9 cm³/mol. The number of amides is 1. The van der Waals surface area contributed by atoms with Crippen LogP contribution >= 0.6 is 0 Å². The molecular formula is C12H12N2O2. The first-order valence-electron chi connectivity index (χ1n) is 4.99. The van der Waals surface area contributed by atoms with Crippen LogP contribution in [0.4, 0.5) is 0 Å². The lowest BCUT2D eigenvalue weighted by molar-refractivity contribution is 0.0950. The topological polar surface area (TPSA) is 55.1 Å². The molecule has 0 saturated heterocycles. The van der Waals surface area contributed by atoms with Crippen LogP contribution in [-0.2, 0) is 6.54 Å². The van der Waals surface area contributed by atoms with E-state index in [0.717, 1.165) is 11.1 Å². The molecule has 0 saturated carbocycles. The number of hydrogen-bond acceptors (Lipinski definition) is 3. The maximum Gasteiger partial charge on any atom is 0.256 e. The van der Waals surface area contributed by atoms with Gasteiger partial charge in [0, 0.05) is 6.54 Å². The molecule has 0 atom stereocenters. The van der Waals surface area contributed by atoms with Crippen molar-refractivity contribution in [3.8, 4) is 0 Å². The second-order valence-corrected chi connectivity index (χ2v) is 3.52. The number of carbonyl (C=O) groups excluding carboxylic acids is 1. The molecule has 1 N–H and O–H groups in total. The van der Waals surface area contributed by atoms with Crippen LogP contribution < -0.4 is 5.32 Å². The molecule has 0 aliphatic rings. The minimum atomic E-state index is -0.176. The maximum atomic E-state index is 11.6. The Labute approximate surface area is 93.3 Å². The lowest BCUT2D eigenvalue weighted by atomic mass is 10.1. The second-order valence-electron chi connectivity index (χ2n) is 3.52. The lowest BCUT2D eigenvalue weighted by Crippen LogP contribution is -2.22. The summed E-state index contributed by atoms with van der Waals surface area (Å²) in [6.07, 6.45) is 2.72. The fourth-order valence-corrected chi connectivity index (χ4v) is 1.40. The Morgan fingerprint density at radius 2 is 2.25 bits per heavy atom. The van der Waals surface area contributed by atoms with Crippen molar-refractivity contribution in [2.75, 3.05) is 0 Å². The Morgan fingerprint density at radius 1 is 1.44 bits per heavy atom. The third-order valence-corrected chi connectivity index (χ3v) is 2.40. The van der Waals surface area contributed by atoms with E-state index in [-0.39, 0.29) is 5.91 Å². The van der Waals surface area contributed by atoms with E-state index in [1.807, 2.05) is 31.2 Å². The van der Waals surface area contributed by atoms with Crippen LogP contribution in [0.5, 0.6) is 0 Å². The van der Waals surface area contributed by atoms with Gasteiger partial charge in [-0.2, -0.15) is 0 Å². The Kier molecular flexibility index (Phi) is 3.00. The minimum absolute atomic E-state index is 0.176. The Bertz CT molecular complexity index is 478. The number of carbonyl (C=O) groups is 1. The van der Waals surface area contributed by atoms with E-state index < -0.39 is 0 Å². The summed E-state index contributed by atoms with van der Waals surface area (Å²) < 4.78 is 4.60. The summed E-state index contributed by atoms with van der Waals surface area (Å²) in [5.74, 6) is -0.176. The molecule has 1 aromatic carbocycles. The molecule has 0 radical (unpaired) electrons. The van der Waals surface area contributed by atoms with Crippen LogP contribution in [-0.4, -0.2) is 11.1 Å². The number of benzene rings is 1. The number of aromatic nitrogens is 1. The summed E-state index contributed by atoms with van der Waals surface area (Å²) in [6.45, 7) is 2.53. The van der Waals surface area contributed by atoms with E-state index in [4.69, 9.17) is 0 Å². The summed E-state index contributed by atoms with van der Waals surface area (Å²) in [4.78, 5) is 11.6. The van der Waals surface area contributed by atoms with Crippen molar-refractivity contribution in [1.29, 1.82) is 0 Å². The number of aryl methyl sites for hydroxylation is 1. The molecule has 0 bridgehead atoms. The summed E-state index contributed by atoms with van der Waals surface area (Å²) in [7, 11) is 0. The number of nitrogens with one attached hydrogen (secondary N) is 1. The van der Waals surface area contributed by atoms with Gasteiger partial charge in [-0.1, -0.05) is 29.4 Å². The molecule has 1 amide bonds. The van der Waals surface area contributed by atoms with Gasteiger partial charge in [0.15, 0.2) is 0 Å². The molecule has 4 heteroatoms. The highest BCUT2D eigenvalue weighted by Gasteiger charge is 2.07. The average Bonchev–Trinajstić information content (AvgIpc) is 2.81. The number of rotatable bonds is 3. The Hall–Kier alpha value is -2.10. The van der Waals surface area contributed by atoms with Crippen LogP contribution in [0.3, 0.4) is 0 Å². The van der Waals surface area contributed by atoms with Crippen molar-refractivity contribution in [1.82, 2.24) is 10.5 Å². The molecule has 0 spiro atoms. The first-order valence-corrected chi connectivity index (χ1v) is 4.99. The third-order valence-electron chi connectivity index (χ3n) is 2.40. The average molecular weight is 216 g/mol. The maximum absolute atomic E-state index is 11.6. The highest BCUT2D eigenvalue weighted by molar-refractivity contribution is 5.93. The molecule has 0 aliphatic carbocycles. The van der Waals surface area contributed by atoms with Gasteiger partial charge in [-0.15, -0.1) is 0 Å². The van der Waals surface area contributed by atoms with Gasteiger partial charge >= 0.3 is 0 Å². The predicted octanol–water partition coefficient (Wildman–Crippen LogP) is 1.91. The molecule has 0 unspecified atom stereocenters. The number of hydrogen-bond donors (Lipinski definition) is 1. The summed E-state index contributed by atoms with van der Waals surface area (Å²) in [5, 5.41) is 6.28. The van der Waals surface area contributed by atoms with Gasteiger partial charge in [0.1, 0.15) is 6.26 Å². The molecule has 2 aromatic rings. The van der Waals surface area contributed by atoms with E-state index in [9.17, 15) is 4.79 Å². The van der Waals surface area contributed by atoms with Crippen LogP contribution in [0.2, 0.25) is 0 Å². The van der Waals surface area contributed by atoms with Crippen LogP contribution in [0.1, 0.15) is 21.5 Å². The smallest absolute Gasteiger partial charge is 0.256 e. The standard InChI is InChI=1S/C12H12N2O2/c1-9-4-2-3-5-10(9)6-13-12(15)11-7-14-16-8-11/h2-5,7-8H,6H2,1H3,(H,13,15). The van der Waals surface area contributed by atoms with Crippen molar-refractivity contribution in [2.24, 2.45) is 0 Å². The molecule has 2 rings (SSSR count). The summed E-state index contributed by atoms with van der Waals surface area (Å²) >= 11 is 0. The Balaban J connectivity index is 1.98.